The van der Waals surface area contributed by atoms with Crippen molar-refractivity contribution >= 4 is 43.2 Å². The highest BCUT2D eigenvalue weighted by Crippen LogP contribution is 2.34. The van der Waals surface area contributed by atoms with E-state index in [0.29, 0.717) is 30.0 Å². The van der Waals surface area contributed by atoms with E-state index >= 15 is 0 Å². The Kier molecular flexibility index (Phi) is 5.60. The van der Waals surface area contributed by atoms with Crippen molar-refractivity contribution < 1.29 is 9.53 Å². The van der Waals surface area contributed by atoms with Gasteiger partial charge in [-0.15, -0.1) is 0 Å². The first kappa shape index (κ1) is 21.6. The lowest BCUT2D eigenvalue weighted by atomic mass is 10.0. The Hall–Kier alpha value is -3.88. The Labute approximate surface area is 205 Å². The zero-order valence-corrected chi connectivity index (χ0v) is 19.7. The van der Waals surface area contributed by atoms with Crippen LogP contribution in [0.5, 0.6) is 0 Å². The molecule has 0 radical (unpaired) electrons. The number of carbonyl (C=O) groups excluding carboxylic acids is 1. The third-order valence-electron chi connectivity index (χ3n) is 6.18. The molecule has 8 heteroatoms. The number of hydrogen-bond donors (Lipinski definition) is 0. The van der Waals surface area contributed by atoms with Gasteiger partial charge in [-0.2, -0.15) is 5.10 Å². The van der Waals surface area contributed by atoms with Crippen molar-refractivity contribution in [1.82, 2.24) is 14.8 Å². The molecule has 0 aliphatic carbocycles. The molecular formula is C27H22N4O3S. The molecule has 0 bridgehead atoms. The van der Waals surface area contributed by atoms with Gasteiger partial charge < -0.3 is 9.64 Å². The molecule has 0 N–H and O–H groups in total. The Morgan fingerprint density at radius 3 is 2.49 bits per heavy atom. The van der Waals surface area contributed by atoms with Crippen LogP contribution >= 0.6 is 11.3 Å². The number of Topliss-reactive ketones (excluding diaryl/α,β-unsaturated/α-hetero) is 1. The van der Waals surface area contributed by atoms with E-state index < -0.39 is 0 Å². The molecule has 0 spiro atoms. The summed E-state index contributed by atoms with van der Waals surface area (Å²) in [4.78, 5) is 33.5. The molecule has 35 heavy (non-hydrogen) atoms. The summed E-state index contributed by atoms with van der Waals surface area (Å²) in [7, 11) is 0. The molecule has 1 saturated heterocycles. The molecule has 3 heterocycles. The number of thiazole rings is 1. The van der Waals surface area contributed by atoms with Crippen LogP contribution in [-0.4, -0.2) is 46.9 Å². The highest BCUT2D eigenvalue weighted by molar-refractivity contribution is 7.22. The fraction of sp³-hybridized carbons (Fsp3) is 0.185. The van der Waals surface area contributed by atoms with Crippen LogP contribution in [0.15, 0.2) is 77.6 Å². The summed E-state index contributed by atoms with van der Waals surface area (Å²) in [5.74, 6) is -0.174. The molecule has 5 aromatic rings. The van der Waals surface area contributed by atoms with Gasteiger partial charge in [0.2, 0.25) is 0 Å². The summed E-state index contributed by atoms with van der Waals surface area (Å²) in [5.41, 5.74) is 2.07. The van der Waals surface area contributed by atoms with Crippen molar-refractivity contribution in [2.24, 2.45) is 0 Å². The number of morpholine rings is 1. The second-order valence-electron chi connectivity index (χ2n) is 8.44. The Morgan fingerprint density at radius 2 is 1.69 bits per heavy atom. The van der Waals surface area contributed by atoms with Gasteiger partial charge in [-0.3, -0.25) is 9.59 Å². The van der Waals surface area contributed by atoms with Crippen LogP contribution in [0.1, 0.15) is 10.4 Å². The van der Waals surface area contributed by atoms with Crippen molar-refractivity contribution in [1.29, 1.82) is 0 Å². The van der Waals surface area contributed by atoms with E-state index in [1.54, 1.807) is 6.07 Å². The van der Waals surface area contributed by atoms with E-state index in [-0.39, 0.29) is 17.9 Å². The van der Waals surface area contributed by atoms with Gasteiger partial charge in [-0.25, -0.2) is 9.67 Å². The summed E-state index contributed by atoms with van der Waals surface area (Å²) < 4.78 is 7.45. The van der Waals surface area contributed by atoms with E-state index in [4.69, 9.17) is 9.72 Å². The summed E-state index contributed by atoms with van der Waals surface area (Å²) in [5, 5.41) is 7.48. The van der Waals surface area contributed by atoms with Crippen LogP contribution < -0.4 is 10.5 Å². The van der Waals surface area contributed by atoms with Crippen molar-refractivity contribution in [2.45, 2.75) is 6.54 Å². The van der Waals surface area contributed by atoms with E-state index in [9.17, 15) is 9.59 Å². The summed E-state index contributed by atoms with van der Waals surface area (Å²) in [6.45, 7) is 2.55. The van der Waals surface area contributed by atoms with Gasteiger partial charge in [-0.05, 0) is 16.8 Å². The van der Waals surface area contributed by atoms with E-state index in [1.165, 1.54) is 16.0 Å². The van der Waals surface area contributed by atoms with Crippen LogP contribution in [0.25, 0.3) is 32.2 Å². The summed E-state index contributed by atoms with van der Waals surface area (Å²) in [6.07, 6.45) is 0. The maximum Gasteiger partial charge on any atom is 0.294 e. The number of anilines is 1. The van der Waals surface area contributed by atoms with E-state index in [2.05, 4.69) is 10.00 Å². The molecule has 2 aromatic heterocycles. The second kappa shape index (κ2) is 9.05. The number of ketones is 1. The molecule has 0 saturated carbocycles. The minimum atomic E-state index is -0.357. The normalized spacial score (nSPS) is 14.0. The summed E-state index contributed by atoms with van der Waals surface area (Å²) in [6, 6.07) is 23.2. The SMILES string of the molecule is O=C(Cn1nc(-c2ccccc2)c2sc(N3CCOCC3)nc2c1=O)c1ccc2ccccc2c1. The number of benzene rings is 3. The first-order valence-electron chi connectivity index (χ1n) is 11.5. The fourth-order valence-electron chi connectivity index (χ4n) is 4.32. The predicted octanol–water partition coefficient (Wildman–Crippen LogP) is 4.39. The van der Waals surface area contributed by atoms with Crippen molar-refractivity contribution in [3.05, 3.63) is 88.7 Å². The third-order valence-corrected chi connectivity index (χ3v) is 7.31. The topological polar surface area (TPSA) is 77.3 Å². The maximum absolute atomic E-state index is 13.4. The lowest BCUT2D eigenvalue weighted by Crippen LogP contribution is -2.36. The van der Waals surface area contributed by atoms with Crippen LogP contribution in [0.3, 0.4) is 0 Å². The highest BCUT2D eigenvalue weighted by atomic mass is 32.1. The molecule has 7 nitrogen and oxygen atoms in total. The standard InChI is InChI=1S/C27H22N4O3S/c32-22(21-11-10-18-6-4-5-9-20(18)16-21)17-31-26(33)24-25(23(29-31)19-7-2-1-3-8-19)35-27(28-24)30-12-14-34-15-13-30/h1-11,16H,12-15,17H2. The van der Waals surface area contributed by atoms with Gasteiger partial charge in [0, 0.05) is 24.2 Å². The Bertz CT molecular complexity index is 1600. The zero-order chi connectivity index (χ0) is 23.8. The number of fused-ring (bicyclic) bond motifs is 2. The van der Waals surface area contributed by atoms with Crippen LogP contribution in [0.4, 0.5) is 5.13 Å². The van der Waals surface area contributed by atoms with Gasteiger partial charge in [-0.1, -0.05) is 78.1 Å². The number of hydrogen-bond acceptors (Lipinski definition) is 7. The van der Waals surface area contributed by atoms with Crippen molar-refractivity contribution in [3.8, 4) is 11.3 Å². The summed E-state index contributed by atoms with van der Waals surface area (Å²) >= 11 is 1.46. The first-order chi connectivity index (χ1) is 17.2. The molecule has 1 aliphatic heterocycles. The Morgan fingerprint density at radius 1 is 0.943 bits per heavy atom. The molecule has 0 unspecified atom stereocenters. The van der Waals surface area contributed by atoms with Crippen LogP contribution in [0.2, 0.25) is 0 Å². The van der Waals surface area contributed by atoms with Crippen LogP contribution in [0, 0.1) is 0 Å². The number of nitrogens with zero attached hydrogens (tertiary/aromatic N) is 4. The maximum atomic E-state index is 13.4. The molecule has 1 aliphatic rings. The second-order valence-corrected chi connectivity index (χ2v) is 9.41. The van der Waals surface area contributed by atoms with Gasteiger partial charge in [0.15, 0.2) is 16.4 Å². The third kappa shape index (κ3) is 4.11. The number of carbonyl (C=O) groups is 1. The van der Waals surface area contributed by atoms with Crippen LogP contribution in [-0.2, 0) is 11.3 Å². The fourth-order valence-corrected chi connectivity index (χ4v) is 5.44. The molecule has 0 atom stereocenters. The van der Waals surface area contributed by atoms with Gasteiger partial charge in [0.1, 0.15) is 12.2 Å². The number of ether oxygens (including phenoxy) is 1. The van der Waals surface area contributed by atoms with Crippen molar-refractivity contribution in [2.75, 3.05) is 31.2 Å². The average molecular weight is 483 g/mol. The van der Waals surface area contributed by atoms with Crippen molar-refractivity contribution in [3.63, 3.8) is 0 Å². The van der Waals surface area contributed by atoms with Gasteiger partial charge in [0.25, 0.3) is 5.56 Å². The Balaban J connectivity index is 1.44. The smallest absolute Gasteiger partial charge is 0.294 e. The monoisotopic (exact) mass is 482 g/mol. The zero-order valence-electron chi connectivity index (χ0n) is 18.9. The predicted molar refractivity (Wildman–Crippen MR) is 138 cm³/mol. The molecule has 174 valence electrons. The van der Waals surface area contributed by atoms with Gasteiger partial charge >= 0.3 is 0 Å². The largest absolute Gasteiger partial charge is 0.378 e. The number of aromatic nitrogens is 3. The van der Waals surface area contributed by atoms with Gasteiger partial charge in [0.05, 0.1) is 17.9 Å². The lowest BCUT2D eigenvalue weighted by Gasteiger charge is -2.25. The van der Waals surface area contributed by atoms with E-state index in [0.717, 1.165) is 39.3 Å². The quantitative estimate of drug-likeness (QED) is 0.346. The van der Waals surface area contributed by atoms with E-state index in [1.807, 2.05) is 66.7 Å². The molecule has 6 rings (SSSR count). The first-order valence-corrected chi connectivity index (χ1v) is 12.3. The molecule has 3 aromatic carbocycles. The highest BCUT2D eigenvalue weighted by Gasteiger charge is 2.22. The molecule has 0 amide bonds. The average Bonchev–Trinajstić information content (AvgIpc) is 3.37. The minimum Gasteiger partial charge on any atom is -0.378 e. The molecular weight excluding hydrogens is 460 g/mol. The number of rotatable bonds is 5. The minimum absolute atomic E-state index is 0.155. The lowest BCUT2D eigenvalue weighted by molar-refractivity contribution is 0.0966. The molecule has 1 fully saturated rings.